The molecule has 2 N–H and O–H groups in total. The molecule has 0 radical (unpaired) electrons. The molecule has 0 aromatic rings. The van der Waals surface area contributed by atoms with E-state index in [-0.39, 0.29) is 11.9 Å². The summed E-state index contributed by atoms with van der Waals surface area (Å²) in [6.45, 7) is 3.97. The Morgan fingerprint density at radius 1 is 1.17 bits per heavy atom. The monoisotopic (exact) mass is 251 g/mol. The molecule has 1 atom stereocenters. The molecule has 1 saturated heterocycles. The van der Waals surface area contributed by atoms with E-state index in [9.17, 15) is 4.79 Å². The lowest BCUT2D eigenvalue weighted by molar-refractivity contribution is -0.132. The van der Waals surface area contributed by atoms with Crippen molar-refractivity contribution in [1.29, 1.82) is 0 Å². The number of carbonyl (C=O) groups is 1. The minimum absolute atomic E-state index is 0.245. The molecule has 0 saturated carbocycles. The van der Waals surface area contributed by atoms with Crippen molar-refractivity contribution in [1.82, 2.24) is 9.80 Å². The third kappa shape index (κ3) is 3.56. The van der Waals surface area contributed by atoms with Crippen LogP contribution in [0.1, 0.15) is 32.1 Å². The summed E-state index contributed by atoms with van der Waals surface area (Å²) in [6.07, 6.45) is 10.2. The third-order valence-electron chi connectivity index (χ3n) is 3.95. The number of likely N-dealkylation sites (tertiary alicyclic amines) is 1. The summed E-state index contributed by atoms with van der Waals surface area (Å²) in [5.41, 5.74) is 5.76. The van der Waals surface area contributed by atoms with Crippen LogP contribution in [-0.2, 0) is 4.79 Å². The first-order valence-electron chi connectivity index (χ1n) is 7.20. The van der Waals surface area contributed by atoms with Crippen molar-refractivity contribution in [3.8, 4) is 0 Å². The van der Waals surface area contributed by atoms with Crippen molar-refractivity contribution in [2.75, 3.05) is 32.7 Å². The molecule has 0 spiro atoms. The van der Waals surface area contributed by atoms with Gasteiger partial charge in [0.05, 0.1) is 6.54 Å². The second-order valence-corrected chi connectivity index (χ2v) is 5.29. The summed E-state index contributed by atoms with van der Waals surface area (Å²) >= 11 is 0. The number of nitrogens with two attached hydrogens (primary N) is 1. The van der Waals surface area contributed by atoms with Gasteiger partial charge in [0.15, 0.2) is 0 Å². The van der Waals surface area contributed by atoms with E-state index in [0.29, 0.717) is 13.1 Å². The highest BCUT2D eigenvalue weighted by molar-refractivity contribution is 5.78. The number of nitrogens with zero attached hydrogens (tertiary/aromatic N) is 2. The van der Waals surface area contributed by atoms with Crippen LogP contribution in [0.5, 0.6) is 0 Å². The molecular weight excluding hydrogens is 226 g/mol. The fourth-order valence-electron chi connectivity index (χ4n) is 2.80. The van der Waals surface area contributed by atoms with Crippen LogP contribution in [0.3, 0.4) is 0 Å². The lowest BCUT2D eigenvalue weighted by Gasteiger charge is -2.32. The molecule has 2 aliphatic heterocycles. The van der Waals surface area contributed by atoms with E-state index >= 15 is 0 Å². The van der Waals surface area contributed by atoms with E-state index in [1.165, 1.54) is 12.8 Å². The van der Waals surface area contributed by atoms with Crippen LogP contribution < -0.4 is 5.73 Å². The minimum Gasteiger partial charge on any atom is -0.342 e. The van der Waals surface area contributed by atoms with Gasteiger partial charge in [-0.2, -0.15) is 0 Å². The second kappa shape index (κ2) is 6.90. The molecule has 102 valence electrons. The first-order chi connectivity index (χ1) is 8.81. The van der Waals surface area contributed by atoms with Crippen LogP contribution in [0, 0.1) is 0 Å². The lowest BCUT2D eigenvalue weighted by atomic mass is 10.1. The average Bonchev–Trinajstić information content (AvgIpc) is 2.68. The highest BCUT2D eigenvalue weighted by Crippen LogP contribution is 2.13. The predicted molar refractivity (Wildman–Crippen MR) is 73.2 cm³/mol. The topological polar surface area (TPSA) is 49.6 Å². The molecule has 18 heavy (non-hydrogen) atoms. The summed E-state index contributed by atoms with van der Waals surface area (Å²) in [5, 5.41) is 0. The Kier molecular flexibility index (Phi) is 5.20. The van der Waals surface area contributed by atoms with Crippen LogP contribution in [0.2, 0.25) is 0 Å². The van der Waals surface area contributed by atoms with Crippen molar-refractivity contribution in [3.63, 3.8) is 0 Å². The number of hydrogen-bond donors (Lipinski definition) is 1. The molecule has 2 rings (SSSR count). The van der Waals surface area contributed by atoms with Crippen molar-refractivity contribution in [3.05, 3.63) is 12.2 Å². The molecule has 0 aliphatic carbocycles. The number of carbonyl (C=O) groups excluding carboxylic acids is 1. The molecule has 2 heterocycles. The van der Waals surface area contributed by atoms with E-state index in [2.05, 4.69) is 17.1 Å². The van der Waals surface area contributed by atoms with Gasteiger partial charge in [0, 0.05) is 32.2 Å². The maximum absolute atomic E-state index is 12.3. The minimum atomic E-state index is 0.245. The molecule has 1 amide bonds. The van der Waals surface area contributed by atoms with E-state index in [4.69, 9.17) is 5.73 Å². The highest BCUT2D eigenvalue weighted by Gasteiger charge is 2.23. The zero-order valence-corrected chi connectivity index (χ0v) is 11.2. The Bertz CT molecular complexity index is 295. The first-order valence-corrected chi connectivity index (χ1v) is 7.20. The van der Waals surface area contributed by atoms with E-state index < -0.39 is 0 Å². The molecule has 4 heteroatoms. The molecule has 0 aromatic heterocycles. The van der Waals surface area contributed by atoms with Crippen LogP contribution in [0.15, 0.2) is 12.2 Å². The van der Waals surface area contributed by atoms with Crippen LogP contribution in [0.25, 0.3) is 0 Å². The van der Waals surface area contributed by atoms with E-state index in [1.807, 2.05) is 4.90 Å². The average molecular weight is 251 g/mol. The Hall–Kier alpha value is -0.870. The number of rotatable bonds is 3. The first kappa shape index (κ1) is 13.6. The summed E-state index contributed by atoms with van der Waals surface area (Å²) in [7, 11) is 0. The van der Waals surface area contributed by atoms with Gasteiger partial charge in [-0.3, -0.25) is 9.69 Å². The smallest absolute Gasteiger partial charge is 0.236 e. The zero-order chi connectivity index (χ0) is 12.8. The van der Waals surface area contributed by atoms with Gasteiger partial charge in [0.1, 0.15) is 0 Å². The van der Waals surface area contributed by atoms with Crippen molar-refractivity contribution >= 4 is 5.91 Å². The zero-order valence-electron chi connectivity index (χ0n) is 11.2. The van der Waals surface area contributed by atoms with Gasteiger partial charge in [-0.1, -0.05) is 25.0 Å². The van der Waals surface area contributed by atoms with Gasteiger partial charge >= 0.3 is 0 Å². The van der Waals surface area contributed by atoms with Gasteiger partial charge in [0.2, 0.25) is 5.91 Å². The Labute approximate surface area is 110 Å². The van der Waals surface area contributed by atoms with Crippen molar-refractivity contribution in [2.24, 2.45) is 5.73 Å². The molecule has 1 unspecified atom stereocenters. The van der Waals surface area contributed by atoms with E-state index in [1.54, 1.807) is 0 Å². The quantitative estimate of drug-likeness (QED) is 0.761. The van der Waals surface area contributed by atoms with Gasteiger partial charge in [-0.25, -0.2) is 0 Å². The number of hydrogen-bond acceptors (Lipinski definition) is 3. The summed E-state index contributed by atoms with van der Waals surface area (Å²) in [5.74, 6) is 0.283. The normalized spacial score (nSPS) is 26.1. The Morgan fingerprint density at radius 2 is 1.89 bits per heavy atom. The number of amides is 1. The molecule has 2 aliphatic rings. The Morgan fingerprint density at radius 3 is 2.56 bits per heavy atom. The highest BCUT2D eigenvalue weighted by atomic mass is 16.2. The van der Waals surface area contributed by atoms with Gasteiger partial charge < -0.3 is 10.6 Å². The molecule has 0 aromatic carbocycles. The largest absolute Gasteiger partial charge is 0.342 e. The fourth-order valence-corrected chi connectivity index (χ4v) is 2.80. The van der Waals surface area contributed by atoms with Crippen LogP contribution >= 0.6 is 0 Å². The lowest BCUT2D eigenvalue weighted by Crippen LogP contribution is -2.48. The maximum Gasteiger partial charge on any atom is 0.236 e. The third-order valence-corrected chi connectivity index (χ3v) is 3.95. The van der Waals surface area contributed by atoms with Gasteiger partial charge in [-0.05, 0) is 19.3 Å². The fraction of sp³-hybridized carbons (Fsp3) is 0.786. The second-order valence-electron chi connectivity index (χ2n) is 5.29. The van der Waals surface area contributed by atoms with Crippen molar-refractivity contribution < 1.29 is 4.79 Å². The molecule has 1 fully saturated rings. The molecular formula is C14H25N3O. The van der Waals surface area contributed by atoms with E-state index in [0.717, 1.165) is 38.9 Å². The molecule has 0 bridgehead atoms. The summed E-state index contributed by atoms with van der Waals surface area (Å²) < 4.78 is 0. The standard InChI is InChI=1S/C14H25N3O/c15-11-13-7-3-6-10-17(13)12-14(18)16-8-4-1-2-5-9-16/h3,7,13H,1-2,4-6,8-12,15H2. The van der Waals surface area contributed by atoms with Crippen molar-refractivity contribution in [2.45, 2.75) is 38.1 Å². The summed E-state index contributed by atoms with van der Waals surface area (Å²) in [4.78, 5) is 16.6. The maximum atomic E-state index is 12.3. The van der Waals surface area contributed by atoms with Crippen LogP contribution in [-0.4, -0.2) is 54.5 Å². The Balaban J connectivity index is 1.87. The van der Waals surface area contributed by atoms with Gasteiger partial charge in [-0.15, -0.1) is 0 Å². The van der Waals surface area contributed by atoms with Gasteiger partial charge in [0.25, 0.3) is 0 Å². The van der Waals surface area contributed by atoms with Crippen LogP contribution in [0.4, 0.5) is 0 Å². The SMILES string of the molecule is NCC1C=CCCN1CC(=O)N1CCCCCC1. The predicted octanol–water partition coefficient (Wildman–Crippen LogP) is 0.978. The summed E-state index contributed by atoms with van der Waals surface area (Å²) in [6, 6.07) is 0.245. The molecule has 4 nitrogen and oxygen atoms in total.